The number of hydrogen-bond acceptors (Lipinski definition) is 2. The summed E-state index contributed by atoms with van der Waals surface area (Å²) in [6.07, 6.45) is 0. The molecule has 0 unspecified atom stereocenters. The van der Waals surface area contributed by atoms with Gasteiger partial charge in [0.25, 0.3) is 5.91 Å². The van der Waals surface area contributed by atoms with Crippen molar-refractivity contribution < 1.29 is 4.79 Å². The first kappa shape index (κ1) is 15.5. The summed E-state index contributed by atoms with van der Waals surface area (Å²) in [6, 6.07) is 9.32. The molecule has 110 valence electrons. The van der Waals surface area contributed by atoms with Gasteiger partial charge in [0, 0.05) is 16.9 Å². The van der Waals surface area contributed by atoms with Gasteiger partial charge in [-0.1, -0.05) is 31.5 Å². The lowest BCUT2D eigenvalue weighted by molar-refractivity contribution is 0.102. The number of rotatable bonds is 3. The average Bonchev–Trinajstić information content (AvgIpc) is 2.36. The molecule has 1 N–H and O–H groups in total. The molecule has 0 radical (unpaired) electrons. The SMILES string of the molecule is Cc1cc(C)cc(NC(=O)c2cc(Cl)nc(C(C)C)c2)c1. The first-order valence-corrected chi connectivity index (χ1v) is 7.30. The number of carbonyl (C=O) groups is 1. The zero-order chi connectivity index (χ0) is 15.6. The summed E-state index contributed by atoms with van der Waals surface area (Å²) < 4.78 is 0. The van der Waals surface area contributed by atoms with Crippen molar-refractivity contribution in [2.45, 2.75) is 33.6 Å². The lowest BCUT2D eigenvalue weighted by Gasteiger charge is -2.10. The lowest BCUT2D eigenvalue weighted by Crippen LogP contribution is -2.13. The molecule has 0 bridgehead atoms. The van der Waals surface area contributed by atoms with Crippen LogP contribution in [0.25, 0.3) is 0 Å². The van der Waals surface area contributed by atoms with Crippen molar-refractivity contribution in [1.29, 1.82) is 0 Å². The molecule has 4 heteroatoms. The third kappa shape index (κ3) is 4.05. The summed E-state index contributed by atoms with van der Waals surface area (Å²) >= 11 is 6.00. The molecule has 0 aliphatic rings. The minimum Gasteiger partial charge on any atom is -0.322 e. The number of anilines is 1. The molecule has 21 heavy (non-hydrogen) atoms. The van der Waals surface area contributed by atoms with Crippen LogP contribution in [0.2, 0.25) is 5.15 Å². The monoisotopic (exact) mass is 302 g/mol. The maximum absolute atomic E-state index is 12.4. The number of pyridine rings is 1. The van der Waals surface area contributed by atoms with E-state index in [9.17, 15) is 4.79 Å². The Hall–Kier alpha value is -1.87. The Morgan fingerprint density at radius 2 is 1.71 bits per heavy atom. The number of halogens is 1. The number of hydrogen-bond donors (Lipinski definition) is 1. The van der Waals surface area contributed by atoms with Gasteiger partial charge in [-0.05, 0) is 55.2 Å². The highest BCUT2D eigenvalue weighted by Crippen LogP contribution is 2.20. The molecule has 2 aromatic rings. The molecule has 2 rings (SSSR count). The highest BCUT2D eigenvalue weighted by atomic mass is 35.5. The molecule has 0 saturated carbocycles. The van der Waals surface area contributed by atoms with Crippen molar-refractivity contribution in [2.75, 3.05) is 5.32 Å². The summed E-state index contributed by atoms with van der Waals surface area (Å²) in [7, 11) is 0. The molecular formula is C17H19ClN2O. The topological polar surface area (TPSA) is 42.0 Å². The first-order chi connectivity index (χ1) is 9.85. The van der Waals surface area contributed by atoms with Gasteiger partial charge in [0.05, 0.1) is 0 Å². The summed E-state index contributed by atoms with van der Waals surface area (Å²) in [4.78, 5) is 16.6. The average molecular weight is 303 g/mol. The van der Waals surface area contributed by atoms with Crippen molar-refractivity contribution in [3.63, 3.8) is 0 Å². The Kier molecular flexibility index (Phi) is 4.63. The number of carbonyl (C=O) groups excluding carboxylic acids is 1. The van der Waals surface area contributed by atoms with E-state index in [0.717, 1.165) is 22.5 Å². The van der Waals surface area contributed by atoms with Crippen LogP contribution in [0.5, 0.6) is 0 Å². The van der Waals surface area contributed by atoms with E-state index in [1.165, 1.54) is 0 Å². The van der Waals surface area contributed by atoms with Gasteiger partial charge in [-0.15, -0.1) is 0 Å². The number of aromatic nitrogens is 1. The Morgan fingerprint density at radius 1 is 1.10 bits per heavy atom. The Bertz CT molecular complexity index is 660. The van der Waals surface area contributed by atoms with Gasteiger partial charge < -0.3 is 5.32 Å². The second-order valence-corrected chi connectivity index (χ2v) is 5.98. The third-order valence-corrected chi connectivity index (χ3v) is 3.34. The minimum absolute atomic E-state index is 0.175. The molecule has 0 atom stereocenters. The lowest BCUT2D eigenvalue weighted by atomic mass is 10.1. The van der Waals surface area contributed by atoms with E-state index in [1.54, 1.807) is 12.1 Å². The van der Waals surface area contributed by atoms with Crippen molar-refractivity contribution in [3.8, 4) is 0 Å². The Labute approximate surface area is 130 Å². The van der Waals surface area contributed by atoms with Crippen LogP contribution in [0.3, 0.4) is 0 Å². The second-order valence-electron chi connectivity index (χ2n) is 5.59. The van der Waals surface area contributed by atoms with E-state index in [1.807, 2.05) is 39.8 Å². The number of amides is 1. The molecule has 1 aromatic carbocycles. The van der Waals surface area contributed by atoms with E-state index in [-0.39, 0.29) is 11.8 Å². The van der Waals surface area contributed by atoms with Gasteiger partial charge in [0.15, 0.2) is 0 Å². The van der Waals surface area contributed by atoms with Gasteiger partial charge >= 0.3 is 0 Å². The van der Waals surface area contributed by atoms with Gasteiger partial charge in [-0.2, -0.15) is 0 Å². The first-order valence-electron chi connectivity index (χ1n) is 6.92. The summed E-state index contributed by atoms with van der Waals surface area (Å²) in [6.45, 7) is 8.04. The van der Waals surface area contributed by atoms with Crippen LogP contribution in [0.15, 0.2) is 30.3 Å². The van der Waals surface area contributed by atoms with E-state index < -0.39 is 0 Å². The number of benzene rings is 1. The van der Waals surface area contributed by atoms with Crippen LogP contribution in [0.4, 0.5) is 5.69 Å². The molecule has 0 saturated heterocycles. The summed E-state index contributed by atoms with van der Waals surface area (Å²) in [5.41, 5.74) is 4.35. The Morgan fingerprint density at radius 3 is 2.29 bits per heavy atom. The molecule has 0 aliphatic heterocycles. The molecule has 1 heterocycles. The van der Waals surface area contributed by atoms with Gasteiger partial charge in [0.2, 0.25) is 0 Å². The van der Waals surface area contributed by atoms with E-state index in [0.29, 0.717) is 10.7 Å². The standard InChI is InChI=1S/C17H19ClN2O/c1-10(2)15-8-13(9-16(18)20-15)17(21)19-14-6-11(3)5-12(4)7-14/h5-10H,1-4H3,(H,19,21). The number of aryl methyl sites for hydroxylation is 2. The third-order valence-electron chi connectivity index (χ3n) is 3.15. The normalized spacial score (nSPS) is 10.8. The minimum atomic E-state index is -0.175. The number of nitrogens with one attached hydrogen (secondary N) is 1. The smallest absolute Gasteiger partial charge is 0.255 e. The molecular weight excluding hydrogens is 284 g/mol. The fourth-order valence-electron chi connectivity index (χ4n) is 2.19. The van der Waals surface area contributed by atoms with Gasteiger partial charge in [-0.3, -0.25) is 4.79 Å². The number of nitrogens with zero attached hydrogens (tertiary/aromatic N) is 1. The predicted molar refractivity (Wildman–Crippen MR) is 87.2 cm³/mol. The van der Waals surface area contributed by atoms with Crippen molar-refractivity contribution in [2.24, 2.45) is 0 Å². The van der Waals surface area contributed by atoms with Crippen LogP contribution in [0, 0.1) is 13.8 Å². The highest BCUT2D eigenvalue weighted by Gasteiger charge is 2.12. The van der Waals surface area contributed by atoms with Crippen LogP contribution < -0.4 is 5.32 Å². The van der Waals surface area contributed by atoms with Crippen molar-refractivity contribution in [3.05, 3.63) is 57.9 Å². The van der Waals surface area contributed by atoms with E-state index in [2.05, 4.69) is 16.4 Å². The largest absolute Gasteiger partial charge is 0.322 e. The zero-order valence-electron chi connectivity index (χ0n) is 12.7. The van der Waals surface area contributed by atoms with E-state index in [4.69, 9.17) is 11.6 Å². The molecule has 3 nitrogen and oxygen atoms in total. The summed E-state index contributed by atoms with van der Waals surface area (Å²) in [5.74, 6) is 0.0441. The second kappa shape index (κ2) is 6.27. The van der Waals surface area contributed by atoms with Crippen LogP contribution >= 0.6 is 11.6 Å². The van der Waals surface area contributed by atoms with E-state index >= 15 is 0 Å². The van der Waals surface area contributed by atoms with Crippen LogP contribution in [-0.2, 0) is 0 Å². The molecule has 0 fully saturated rings. The van der Waals surface area contributed by atoms with Crippen LogP contribution in [-0.4, -0.2) is 10.9 Å². The summed E-state index contributed by atoms with van der Waals surface area (Å²) in [5, 5.41) is 3.25. The highest BCUT2D eigenvalue weighted by molar-refractivity contribution is 6.29. The maximum atomic E-state index is 12.4. The van der Waals surface area contributed by atoms with Gasteiger partial charge in [-0.25, -0.2) is 4.98 Å². The van der Waals surface area contributed by atoms with Crippen LogP contribution in [0.1, 0.15) is 46.9 Å². The van der Waals surface area contributed by atoms with Crippen molar-refractivity contribution in [1.82, 2.24) is 4.98 Å². The predicted octanol–water partition coefficient (Wildman–Crippen LogP) is 4.73. The molecule has 1 aromatic heterocycles. The van der Waals surface area contributed by atoms with Crippen molar-refractivity contribution >= 4 is 23.2 Å². The molecule has 0 spiro atoms. The van der Waals surface area contributed by atoms with Gasteiger partial charge in [0.1, 0.15) is 5.15 Å². The quantitative estimate of drug-likeness (QED) is 0.833. The molecule has 0 aliphatic carbocycles. The molecule has 1 amide bonds. The fourth-order valence-corrected chi connectivity index (χ4v) is 2.41. The zero-order valence-corrected chi connectivity index (χ0v) is 13.5. The maximum Gasteiger partial charge on any atom is 0.255 e. The fraction of sp³-hybridized carbons (Fsp3) is 0.294. The Balaban J connectivity index is 2.28.